The molecule has 0 rings (SSSR count). The van der Waals surface area contributed by atoms with Crippen LogP contribution in [0.5, 0.6) is 0 Å². The quantitative estimate of drug-likeness (QED) is 0.0327. The van der Waals surface area contributed by atoms with Gasteiger partial charge in [0.25, 0.3) is 0 Å². The van der Waals surface area contributed by atoms with Gasteiger partial charge >= 0.3 is 5.97 Å². The Bertz CT molecular complexity index is 644. The molecule has 0 bridgehead atoms. The summed E-state index contributed by atoms with van der Waals surface area (Å²) in [6, 6.07) is 6.83. The number of ether oxygens (including phenoxy) is 1. The first-order valence-electron chi connectivity index (χ1n) is 19.0. The number of carbonyl (C=O) groups is 1. The van der Waals surface area contributed by atoms with E-state index in [2.05, 4.69) is 48.5 Å². The number of hydrogen-bond donors (Lipinski definition) is 0. The summed E-state index contributed by atoms with van der Waals surface area (Å²) in [6.07, 6.45) is 26.2. The van der Waals surface area contributed by atoms with Gasteiger partial charge in [0.05, 0.1) is 18.8 Å². The summed E-state index contributed by atoms with van der Waals surface area (Å²) in [4.78, 5) is 12.1. The van der Waals surface area contributed by atoms with Crippen molar-refractivity contribution in [2.24, 2.45) is 0 Å². The standard InChI is InChI=1S/C37H76O4Si2/c1-9-17-18-19-20-21-22-23-24-25-26-27-28-29-30-32-35(40-42(11-3,12-4)13-5)36(33-31-34-37(38)39-10-2)41-43(14-6,15-7)16-8/h31,34-36H,9-30,32-33H2,1-8H3/b34-31+/t35-,36-/m0/s1. The highest BCUT2D eigenvalue weighted by molar-refractivity contribution is 6.74. The van der Waals surface area contributed by atoms with Gasteiger partial charge in [-0.15, -0.1) is 0 Å². The van der Waals surface area contributed by atoms with Crippen molar-refractivity contribution in [3.8, 4) is 0 Å². The van der Waals surface area contributed by atoms with Gasteiger partial charge in [-0.2, -0.15) is 0 Å². The Kier molecular flexibility index (Phi) is 27.6. The van der Waals surface area contributed by atoms with Crippen molar-refractivity contribution in [1.82, 2.24) is 0 Å². The van der Waals surface area contributed by atoms with E-state index in [4.69, 9.17) is 13.6 Å². The van der Waals surface area contributed by atoms with Crippen LogP contribution >= 0.6 is 0 Å². The fourth-order valence-electron chi connectivity index (χ4n) is 6.44. The zero-order chi connectivity index (χ0) is 32.2. The van der Waals surface area contributed by atoms with Gasteiger partial charge in [0, 0.05) is 6.08 Å². The van der Waals surface area contributed by atoms with Gasteiger partial charge in [-0.05, 0) is 56.0 Å². The van der Waals surface area contributed by atoms with E-state index >= 15 is 0 Å². The van der Waals surface area contributed by atoms with Crippen molar-refractivity contribution in [1.29, 1.82) is 0 Å². The maximum Gasteiger partial charge on any atom is 0.330 e. The molecule has 0 radical (unpaired) electrons. The molecule has 0 heterocycles. The molecule has 0 fully saturated rings. The molecule has 0 aliphatic rings. The molecule has 256 valence electrons. The second kappa shape index (κ2) is 27.8. The first kappa shape index (κ1) is 42.6. The maximum atomic E-state index is 12.1. The second-order valence-corrected chi connectivity index (χ2v) is 22.4. The van der Waals surface area contributed by atoms with E-state index in [9.17, 15) is 4.79 Å². The van der Waals surface area contributed by atoms with Crippen molar-refractivity contribution >= 4 is 22.6 Å². The van der Waals surface area contributed by atoms with Crippen LogP contribution in [0.4, 0.5) is 0 Å². The number of unbranched alkanes of at least 4 members (excludes halogenated alkanes) is 14. The molecule has 0 aromatic rings. The zero-order valence-corrected chi connectivity index (χ0v) is 32.4. The molecule has 0 unspecified atom stereocenters. The average molecular weight is 641 g/mol. The molecule has 0 aromatic carbocycles. The Morgan fingerprint density at radius 2 is 0.907 bits per heavy atom. The second-order valence-electron chi connectivity index (χ2n) is 12.9. The fourth-order valence-corrected chi connectivity index (χ4v) is 12.2. The van der Waals surface area contributed by atoms with Gasteiger partial charge in [-0.25, -0.2) is 4.79 Å². The largest absolute Gasteiger partial charge is 0.463 e. The minimum absolute atomic E-state index is 0.0142. The fraction of sp³-hybridized carbons (Fsp3) is 0.919. The molecule has 0 saturated heterocycles. The number of hydrogen-bond acceptors (Lipinski definition) is 4. The summed E-state index contributed by atoms with van der Waals surface area (Å²) < 4.78 is 19.6. The number of carbonyl (C=O) groups excluding carboxylic acids is 1. The Morgan fingerprint density at radius 1 is 0.535 bits per heavy atom. The van der Waals surface area contributed by atoms with E-state index in [1.54, 1.807) is 6.08 Å². The van der Waals surface area contributed by atoms with Gasteiger partial charge in [0.15, 0.2) is 16.6 Å². The summed E-state index contributed by atoms with van der Waals surface area (Å²) in [7, 11) is -3.66. The molecule has 6 heteroatoms. The van der Waals surface area contributed by atoms with E-state index in [0.717, 1.165) is 49.1 Å². The highest BCUT2D eigenvalue weighted by Crippen LogP contribution is 2.32. The van der Waals surface area contributed by atoms with Crippen molar-refractivity contribution < 1.29 is 18.4 Å². The molecule has 43 heavy (non-hydrogen) atoms. The van der Waals surface area contributed by atoms with Crippen LogP contribution in [0.15, 0.2) is 12.2 Å². The Labute approximate surface area is 272 Å². The van der Waals surface area contributed by atoms with E-state index in [1.165, 1.54) is 96.3 Å². The maximum absolute atomic E-state index is 12.1. The molecule has 2 atom stereocenters. The third-order valence-electron chi connectivity index (χ3n) is 10.1. The number of esters is 1. The van der Waals surface area contributed by atoms with Crippen LogP contribution in [0, 0.1) is 0 Å². The van der Waals surface area contributed by atoms with Crippen molar-refractivity contribution in [3.05, 3.63) is 12.2 Å². The summed E-state index contributed by atoms with van der Waals surface area (Å²) in [6.45, 7) is 18.4. The molecule has 4 nitrogen and oxygen atoms in total. The van der Waals surface area contributed by atoms with Crippen LogP contribution in [0.1, 0.15) is 165 Å². The summed E-state index contributed by atoms with van der Waals surface area (Å²) in [5.41, 5.74) is 0. The topological polar surface area (TPSA) is 44.8 Å². The molecule has 0 spiro atoms. The lowest BCUT2D eigenvalue weighted by Crippen LogP contribution is -2.49. The summed E-state index contributed by atoms with van der Waals surface area (Å²) >= 11 is 0. The van der Waals surface area contributed by atoms with E-state index < -0.39 is 16.6 Å². The van der Waals surface area contributed by atoms with Crippen molar-refractivity contribution in [2.75, 3.05) is 6.61 Å². The summed E-state index contributed by atoms with van der Waals surface area (Å²) in [5, 5.41) is 0. The minimum Gasteiger partial charge on any atom is -0.463 e. The van der Waals surface area contributed by atoms with E-state index in [1.807, 2.05) is 13.0 Å². The summed E-state index contributed by atoms with van der Waals surface area (Å²) in [5.74, 6) is -0.259. The predicted molar refractivity (Wildman–Crippen MR) is 194 cm³/mol. The van der Waals surface area contributed by atoms with Gasteiger partial charge in [0.2, 0.25) is 0 Å². The van der Waals surface area contributed by atoms with E-state index in [0.29, 0.717) is 6.61 Å². The van der Waals surface area contributed by atoms with Crippen LogP contribution in [0.25, 0.3) is 0 Å². The normalized spacial score (nSPS) is 14.0. The number of rotatable bonds is 31. The smallest absolute Gasteiger partial charge is 0.330 e. The van der Waals surface area contributed by atoms with Crippen LogP contribution in [-0.2, 0) is 18.4 Å². The predicted octanol–water partition coefficient (Wildman–Crippen LogP) is 12.5. The van der Waals surface area contributed by atoms with Crippen LogP contribution in [0.3, 0.4) is 0 Å². The Balaban J connectivity index is 5.09. The molecule has 0 aliphatic heterocycles. The Morgan fingerprint density at radius 3 is 1.28 bits per heavy atom. The lowest BCUT2D eigenvalue weighted by atomic mass is 10.0. The third-order valence-corrected chi connectivity index (χ3v) is 19.4. The van der Waals surface area contributed by atoms with Gasteiger partial charge in [-0.3, -0.25) is 0 Å². The minimum atomic E-state index is -1.85. The lowest BCUT2D eigenvalue weighted by molar-refractivity contribution is -0.137. The highest BCUT2D eigenvalue weighted by atomic mass is 28.4. The van der Waals surface area contributed by atoms with Gasteiger partial charge in [-0.1, -0.05) is 151 Å². The molecule has 0 saturated carbocycles. The Hall–Kier alpha value is -0.436. The van der Waals surface area contributed by atoms with Gasteiger partial charge < -0.3 is 13.6 Å². The van der Waals surface area contributed by atoms with Gasteiger partial charge in [0.1, 0.15) is 0 Å². The first-order valence-corrected chi connectivity index (χ1v) is 24.1. The molecule has 0 aliphatic carbocycles. The van der Waals surface area contributed by atoms with Crippen LogP contribution < -0.4 is 0 Å². The lowest BCUT2D eigenvalue weighted by Gasteiger charge is -2.41. The van der Waals surface area contributed by atoms with E-state index in [-0.39, 0.29) is 18.2 Å². The molecule has 0 aromatic heterocycles. The highest BCUT2D eigenvalue weighted by Gasteiger charge is 2.39. The molecular formula is C37H76O4Si2. The molecular weight excluding hydrogens is 565 g/mol. The SMILES string of the molecule is CCCCCCCCCCCCCCCCC[C@H](O[Si](CC)(CC)CC)[C@H](C/C=C/C(=O)OCC)O[Si](CC)(CC)CC. The average Bonchev–Trinajstić information content (AvgIpc) is 3.03. The zero-order valence-electron chi connectivity index (χ0n) is 30.4. The monoisotopic (exact) mass is 641 g/mol. The molecule has 0 amide bonds. The van der Waals surface area contributed by atoms with Crippen LogP contribution in [0.2, 0.25) is 36.3 Å². The molecule has 0 N–H and O–H groups in total. The third kappa shape index (κ3) is 19.6. The van der Waals surface area contributed by atoms with Crippen LogP contribution in [-0.4, -0.2) is 41.4 Å². The van der Waals surface area contributed by atoms with Crippen molar-refractivity contribution in [3.63, 3.8) is 0 Å². The van der Waals surface area contributed by atoms with Crippen molar-refractivity contribution in [2.45, 2.75) is 213 Å². The first-order chi connectivity index (χ1) is 20.8.